The average molecular weight is 404 g/mol. The molecule has 0 bridgehead atoms. The first-order valence-corrected chi connectivity index (χ1v) is 9.75. The fourth-order valence-electron chi connectivity index (χ4n) is 2.18. The van der Waals surface area contributed by atoms with E-state index in [0.717, 1.165) is 5.56 Å². The normalized spacial score (nSPS) is 10.5. The standard InChI is InChI=1S/C18H14ClN3O2S2/c19-13-8-4-7-12(9-13)16(24)22-17-15(11-5-2-1-3-6-11)21-18(26-17)25-10-14(20)23/h1-9H,10H2,(H2,20,23)(H,22,24). The maximum Gasteiger partial charge on any atom is 0.256 e. The number of primary amides is 1. The Morgan fingerprint density at radius 2 is 1.92 bits per heavy atom. The van der Waals surface area contributed by atoms with Crippen molar-refractivity contribution in [2.75, 3.05) is 11.1 Å². The maximum absolute atomic E-state index is 12.6. The monoisotopic (exact) mass is 403 g/mol. The van der Waals surface area contributed by atoms with Crippen molar-refractivity contribution in [2.24, 2.45) is 5.73 Å². The van der Waals surface area contributed by atoms with Crippen LogP contribution in [0.25, 0.3) is 11.3 Å². The number of benzene rings is 2. The van der Waals surface area contributed by atoms with Crippen LogP contribution in [-0.4, -0.2) is 22.6 Å². The van der Waals surface area contributed by atoms with Gasteiger partial charge in [0.25, 0.3) is 5.91 Å². The number of rotatable bonds is 6. The minimum absolute atomic E-state index is 0.128. The van der Waals surface area contributed by atoms with Crippen LogP contribution in [0.15, 0.2) is 58.9 Å². The highest BCUT2D eigenvalue weighted by atomic mass is 35.5. The number of hydrogen-bond acceptors (Lipinski definition) is 5. The van der Waals surface area contributed by atoms with Crippen molar-refractivity contribution in [3.8, 4) is 11.3 Å². The van der Waals surface area contributed by atoms with Crippen molar-refractivity contribution in [1.82, 2.24) is 4.98 Å². The van der Waals surface area contributed by atoms with Crippen LogP contribution in [-0.2, 0) is 4.79 Å². The van der Waals surface area contributed by atoms with Crippen LogP contribution in [0.5, 0.6) is 0 Å². The molecule has 0 unspecified atom stereocenters. The van der Waals surface area contributed by atoms with E-state index in [1.54, 1.807) is 24.3 Å². The molecule has 26 heavy (non-hydrogen) atoms. The van der Waals surface area contributed by atoms with Crippen LogP contribution in [0, 0.1) is 0 Å². The van der Waals surface area contributed by atoms with E-state index in [9.17, 15) is 9.59 Å². The third-order valence-corrected chi connectivity index (χ3v) is 5.68. The van der Waals surface area contributed by atoms with Crippen LogP contribution >= 0.6 is 34.7 Å². The molecule has 0 spiro atoms. The van der Waals surface area contributed by atoms with E-state index >= 15 is 0 Å². The zero-order valence-electron chi connectivity index (χ0n) is 13.4. The van der Waals surface area contributed by atoms with Crippen LogP contribution in [0.3, 0.4) is 0 Å². The molecule has 0 aliphatic heterocycles. The highest BCUT2D eigenvalue weighted by Gasteiger charge is 2.17. The summed E-state index contributed by atoms with van der Waals surface area (Å²) in [5.41, 5.74) is 7.18. The molecule has 8 heteroatoms. The number of anilines is 1. The van der Waals surface area contributed by atoms with Crippen molar-refractivity contribution in [3.05, 3.63) is 65.2 Å². The maximum atomic E-state index is 12.6. The minimum atomic E-state index is -0.420. The highest BCUT2D eigenvalue weighted by molar-refractivity contribution is 8.01. The SMILES string of the molecule is NC(=O)CSc1nc(-c2ccccc2)c(NC(=O)c2cccc(Cl)c2)s1. The van der Waals surface area contributed by atoms with Gasteiger partial charge in [-0.3, -0.25) is 9.59 Å². The topological polar surface area (TPSA) is 85.1 Å². The Morgan fingerprint density at radius 3 is 2.62 bits per heavy atom. The van der Waals surface area contributed by atoms with Crippen LogP contribution in [0.2, 0.25) is 5.02 Å². The molecule has 2 amide bonds. The van der Waals surface area contributed by atoms with Gasteiger partial charge in [0.1, 0.15) is 10.7 Å². The van der Waals surface area contributed by atoms with E-state index in [0.29, 0.717) is 25.6 Å². The molecular formula is C18H14ClN3O2S2. The molecule has 3 N–H and O–H groups in total. The Labute approximate surface area is 163 Å². The number of nitrogens with zero attached hydrogens (tertiary/aromatic N) is 1. The number of thiazole rings is 1. The van der Waals surface area contributed by atoms with Gasteiger partial charge in [-0.25, -0.2) is 4.98 Å². The molecule has 0 fully saturated rings. The first kappa shape index (κ1) is 18.4. The lowest BCUT2D eigenvalue weighted by Gasteiger charge is -2.05. The first-order chi connectivity index (χ1) is 12.5. The summed E-state index contributed by atoms with van der Waals surface area (Å²) in [5, 5.41) is 3.98. The van der Waals surface area contributed by atoms with Gasteiger partial charge in [-0.15, -0.1) is 0 Å². The molecule has 1 aromatic heterocycles. The van der Waals surface area contributed by atoms with E-state index in [-0.39, 0.29) is 11.7 Å². The van der Waals surface area contributed by atoms with Crippen LogP contribution in [0.1, 0.15) is 10.4 Å². The summed E-state index contributed by atoms with van der Waals surface area (Å²) in [5.74, 6) is -0.570. The summed E-state index contributed by atoms with van der Waals surface area (Å²) in [6.45, 7) is 0. The lowest BCUT2D eigenvalue weighted by molar-refractivity contribution is -0.115. The average Bonchev–Trinajstić information content (AvgIpc) is 3.03. The number of nitrogens with two attached hydrogens (primary N) is 1. The summed E-state index contributed by atoms with van der Waals surface area (Å²) in [6.07, 6.45) is 0. The highest BCUT2D eigenvalue weighted by Crippen LogP contribution is 2.37. The molecule has 5 nitrogen and oxygen atoms in total. The molecule has 0 atom stereocenters. The number of carbonyl (C=O) groups excluding carboxylic acids is 2. The van der Waals surface area contributed by atoms with E-state index in [2.05, 4.69) is 10.3 Å². The van der Waals surface area contributed by atoms with Gasteiger partial charge in [0, 0.05) is 16.1 Å². The Hall–Kier alpha value is -2.35. The van der Waals surface area contributed by atoms with Crippen LogP contribution < -0.4 is 11.1 Å². The molecule has 1 heterocycles. The molecule has 3 aromatic rings. The fraction of sp³-hybridized carbons (Fsp3) is 0.0556. The lowest BCUT2D eigenvalue weighted by atomic mass is 10.1. The number of amides is 2. The molecule has 0 radical (unpaired) electrons. The van der Waals surface area contributed by atoms with E-state index in [1.165, 1.54) is 23.1 Å². The van der Waals surface area contributed by atoms with Gasteiger partial charge >= 0.3 is 0 Å². The zero-order chi connectivity index (χ0) is 18.5. The molecule has 0 saturated carbocycles. The number of aromatic nitrogens is 1. The summed E-state index contributed by atoms with van der Waals surface area (Å²) in [6, 6.07) is 16.2. The molecule has 3 rings (SSSR count). The Bertz CT molecular complexity index is 945. The second kappa shape index (κ2) is 8.35. The quantitative estimate of drug-likeness (QED) is 0.601. The number of halogens is 1. The Kier molecular flexibility index (Phi) is 5.92. The van der Waals surface area contributed by atoms with Crippen molar-refractivity contribution in [1.29, 1.82) is 0 Å². The minimum Gasteiger partial charge on any atom is -0.369 e. The van der Waals surface area contributed by atoms with Gasteiger partial charge in [0.15, 0.2) is 4.34 Å². The molecule has 2 aromatic carbocycles. The molecule has 0 aliphatic carbocycles. The van der Waals surface area contributed by atoms with Gasteiger partial charge in [0.2, 0.25) is 5.91 Å². The van der Waals surface area contributed by atoms with Crippen LogP contribution in [0.4, 0.5) is 5.00 Å². The third-order valence-electron chi connectivity index (χ3n) is 3.31. The van der Waals surface area contributed by atoms with Crippen molar-refractivity contribution >= 4 is 51.5 Å². The summed E-state index contributed by atoms with van der Waals surface area (Å²) < 4.78 is 0.657. The third kappa shape index (κ3) is 4.63. The van der Waals surface area contributed by atoms with Crippen molar-refractivity contribution < 1.29 is 9.59 Å². The lowest BCUT2D eigenvalue weighted by Crippen LogP contribution is -2.12. The smallest absolute Gasteiger partial charge is 0.256 e. The first-order valence-electron chi connectivity index (χ1n) is 7.57. The largest absolute Gasteiger partial charge is 0.369 e. The number of thioether (sulfide) groups is 1. The van der Waals surface area contributed by atoms with Gasteiger partial charge in [0.05, 0.1) is 5.75 Å². The molecule has 0 aliphatic rings. The molecule has 132 valence electrons. The van der Waals surface area contributed by atoms with E-state index < -0.39 is 5.91 Å². The molecule has 0 saturated heterocycles. The second-order valence-electron chi connectivity index (χ2n) is 5.24. The molecular weight excluding hydrogens is 390 g/mol. The van der Waals surface area contributed by atoms with Gasteiger partial charge in [-0.05, 0) is 18.2 Å². The fourth-order valence-corrected chi connectivity index (χ4v) is 4.17. The van der Waals surface area contributed by atoms with E-state index in [4.69, 9.17) is 17.3 Å². The number of hydrogen-bond donors (Lipinski definition) is 2. The summed E-state index contributed by atoms with van der Waals surface area (Å²) in [7, 11) is 0. The number of nitrogens with one attached hydrogen (secondary N) is 1. The second-order valence-corrected chi connectivity index (χ2v) is 7.90. The predicted molar refractivity (Wildman–Crippen MR) is 107 cm³/mol. The van der Waals surface area contributed by atoms with Gasteiger partial charge < -0.3 is 11.1 Å². The summed E-state index contributed by atoms with van der Waals surface area (Å²) >= 11 is 8.50. The van der Waals surface area contributed by atoms with Gasteiger partial charge in [-0.2, -0.15) is 0 Å². The van der Waals surface area contributed by atoms with Crippen molar-refractivity contribution in [2.45, 2.75) is 4.34 Å². The van der Waals surface area contributed by atoms with Crippen molar-refractivity contribution in [3.63, 3.8) is 0 Å². The Morgan fingerprint density at radius 1 is 1.15 bits per heavy atom. The van der Waals surface area contributed by atoms with E-state index in [1.807, 2.05) is 30.3 Å². The number of carbonyl (C=O) groups is 2. The zero-order valence-corrected chi connectivity index (χ0v) is 15.8. The summed E-state index contributed by atoms with van der Waals surface area (Å²) in [4.78, 5) is 28.1. The Balaban J connectivity index is 1.91. The van der Waals surface area contributed by atoms with Gasteiger partial charge in [-0.1, -0.05) is 71.1 Å². The predicted octanol–water partition coefficient (Wildman–Crippen LogP) is 4.29.